The third-order valence-corrected chi connectivity index (χ3v) is 4.92. The summed E-state index contributed by atoms with van der Waals surface area (Å²) in [5.41, 5.74) is 2.36. The third kappa shape index (κ3) is 4.62. The van der Waals surface area contributed by atoms with Crippen LogP contribution in [0.5, 0.6) is 0 Å². The van der Waals surface area contributed by atoms with Gasteiger partial charge in [-0.3, -0.25) is 0 Å². The SMILES string of the molecule is CCc1nc(C(C)NC(=O)Nc2cccc(-n3cnc(N(C)C)n3)c2)cs1. The summed E-state index contributed by atoms with van der Waals surface area (Å²) in [5, 5.41) is 13.2. The Morgan fingerprint density at radius 2 is 2.19 bits per heavy atom. The van der Waals surface area contributed by atoms with Crippen molar-refractivity contribution in [2.45, 2.75) is 26.3 Å². The minimum absolute atomic E-state index is 0.164. The van der Waals surface area contributed by atoms with E-state index in [4.69, 9.17) is 0 Å². The highest BCUT2D eigenvalue weighted by Crippen LogP contribution is 2.18. The first kappa shape index (κ1) is 18.8. The summed E-state index contributed by atoms with van der Waals surface area (Å²) in [4.78, 5) is 22.9. The number of hydrogen-bond acceptors (Lipinski definition) is 6. The molecular weight excluding hydrogens is 362 g/mol. The number of nitrogens with zero attached hydrogens (tertiary/aromatic N) is 5. The predicted molar refractivity (Wildman–Crippen MR) is 108 cm³/mol. The number of carbonyl (C=O) groups is 1. The number of anilines is 2. The van der Waals surface area contributed by atoms with E-state index in [9.17, 15) is 4.79 Å². The topological polar surface area (TPSA) is 88.0 Å². The Labute approximate surface area is 162 Å². The highest BCUT2D eigenvalue weighted by molar-refractivity contribution is 7.09. The van der Waals surface area contributed by atoms with E-state index in [1.54, 1.807) is 22.3 Å². The van der Waals surface area contributed by atoms with Crippen molar-refractivity contribution < 1.29 is 4.79 Å². The highest BCUT2D eigenvalue weighted by Gasteiger charge is 2.13. The van der Waals surface area contributed by atoms with Crippen LogP contribution in [0.2, 0.25) is 0 Å². The Morgan fingerprint density at radius 3 is 2.85 bits per heavy atom. The molecule has 2 N–H and O–H groups in total. The number of thiazole rings is 1. The van der Waals surface area contributed by atoms with Crippen LogP contribution in [0.25, 0.3) is 5.69 Å². The number of rotatable bonds is 6. The Morgan fingerprint density at radius 1 is 1.37 bits per heavy atom. The molecule has 0 aliphatic heterocycles. The standard InChI is InChI=1S/C18H23N7OS/c1-5-16-22-15(10-27-16)12(2)20-18(26)21-13-7-6-8-14(9-13)25-11-19-17(23-25)24(3)4/h6-12H,5H2,1-4H3,(H2,20,21,26). The maximum Gasteiger partial charge on any atom is 0.319 e. The Bertz CT molecular complexity index is 918. The van der Waals surface area contributed by atoms with Crippen LogP contribution < -0.4 is 15.5 Å². The van der Waals surface area contributed by atoms with Gasteiger partial charge in [-0.05, 0) is 31.5 Å². The predicted octanol–water partition coefficient (Wildman–Crippen LogP) is 3.23. The Kier molecular flexibility index (Phi) is 5.70. The summed E-state index contributed by atoms with van der Waals surface area (Å²) < 4.78 is 1.67. The molecule has 0 bridgehead atoms. The molecule has 3 aromatic rings. The van der Waals surface area contributed by atoms with E-state index < -0.39 is 0 Å². The zero-order valence-electron chi connectivity index (χ0n) is 15.8. The molecule has 1 atom stereocenters. The Balaban J connectivity index is 1.65. The molecule has 1 unspecified atom stereocenters. The lowest BCUT2D eigenvalue weighted by molar-refractivity contribution is 0.249. The van der Waals surface area contributed by atoms with Crippen LogP contribution in [-0.2, 0) is 6.42 Å². The minimum atomic E-state index is -0.279. The molecule has 0 radical (unpaired) electrons. The molecule has 9 heteroatoms. The van der Waals surface area contributed by atoms with Gasteiger partial charge < -0.3 is 15.5 Å². The van der Waals surface area contributed by atoms with E-state index in [0.717, 1.165) is 22.8 Å². The van der Waals surface area contributed by atoms with Gasteiger partial charge in [0.15, 0.2) is 0 Å². The lowest BCUT2D eigenvalue weighted by Crippen LogP contribution is -2.31. The average molecular weight is 385 g/mol. The number of benzene rings is 1. The number of aromatic nitrogens is 4. The smallest absolute Gasteiger partial charge is 0.319 e. The van der Waals surface area contributed by atoms with E-state index in [1.807, 2.05) is 55.6 Å². The normalized spacial score (nSPS) is 11.9. The van der Waals surface area contributed by atoms with Gasteiger partial charge in [0.05, 0.1) is 22.4 Å². The van der Waals surface area contributed by atoms with Crippen LogP contribution in [-0.4, -0.2) is 39.9 Å². The molecule has 0 spiro atoms. The highest BCUT2D eigenvalue weighted by atomic mass is 32.1. The molecule has 0 saturated carbocycles. The monoisotopic (exact) mass is 385 g/mol. The summed E-state index contributed by atoms with van der Waals surface area (Å²) in [7, 11) is 3.77. The largest absolute Gasteiger partial charge is 0.346 e. The number of aryl methyl sites for hydroxylation is 1. The van der Waals surface area contributed by atoms with Crippen molar-refractivity contribution in [1.29, 1.82) is 0 Å². The lowest BCUT2D eigenvalue weighted by atomic mass is 10.2. The first-order chi connectivity index (χ1) is 13.0. The minimum Gasteiger partial charge on any atom is -0.346 e. The van der Waals surface area contributed by atoms with Crippen molar-refractivity contribution in [3.05, 3.63) is 46.7 Å². The van der Waals surface area contributed by atoms with Crippen molar-refractivity contribution in [2.75, 3.05) is 24.3 Å². The van der Waals surface area contributed by atoms with Crippen LogP contribution in [0, 0.1) is 0 Å². The molecule has 0 saturated heterocycles. The molecule has 0 aliphatic carbocycles. The van der Waals surface area contributed by atoms with Crippen LogP contribution in [0.1, 0.15) is 30.6 Å². The maximum absolute atomic E-state index is 12.3. The van der Waals surface area contributed by atoms with Crippen LogP contribution >= 0.6 is 11.3 Å². The summed E-state index contributed by atoms with van der Waals surface area (Å²) >= 11 is 1.61. The van der Waals surface area contributed by atoms with Gasteiger partial charge in [0.2, 0.25) is 5.95 Å². The van der Waals surface area contributed by atoms with E-state index in [2.05, 4.69) is 32.6 Å². The first-order valence-corrected chi connectivity index (χ1v) is 9.55. The van der Waals surface area contributed by atoms with Crippen molar-refractivity contribution in [2.24, 2.45) is 0 Å². The van der Waals surface area contributed by atoms with Crippen LogP contribution in [0.3, 0.4) is 0 Å². The van der Waals surface area contributed by atoms with E-state index in [-0.39, 0.29) is 12.1 Å². The van der Waals surface area contributed by atoms with Gasteiger partial charge in [0.25, 0.3) is 0 Å². The molecule has 0 fully saturated rings. The van der Waals surface area contributed by atoms with Crippen LogP contribution in [0.4, 0.5) is 16.4 Å². The number of hydrogen-bond donors (Lipinski definition) is 2. The summed E-state index contributed by atoms with van der Waals surface area (Å²) in [6.07, 6.45) is 2.54. The van der Waals surface area contributed by atoms with Crippen molar-refractivity contribution in [3.8, 4) is 5.69 Å². The molecule has 0 aliphatic rings. The van der Waals surface area contributed by atoms with Gasteiger partial charge in [-0.2, -0.15) is 4.98 Å². The maximum atomic E-state index is 12.3. The fourth-order valence-corrected chi connectivity index (χ4v) is 3.27. The average Bonchev–Trinajstić information content (AvgIpc) is 3.31. The summed E-state index contributed by atoms with van der Waals surface area (Å²) in [5.74, 6) is 0.620. The summed E-state index contributed by atoms with van der Waals surface area (Å²) in [6, 6.07) is 6.99. The van der Waals surface area contributed by atoms with Crippen LogP contribution in [0.15, 0.2) is 36.0 Å². The van der Waals surface area contributed by atoms with Gasteiger partial charge in [0, 0.05) is 25.2 Å². The van der Waals surface area contributed by atoms with Gasteiger partial charge in [-0.15, -0.1) is 16.4 Å². The zero-order valence-corrected chi connectivity index (χ0v) is 16.6. The van der Waals surface area contributed by atoms with Gasteiger partial charge >= 0.3 is 6.03 Å². The van der Waals surface area contributed by atoms with Gasteiger partial charge in [0.1, 0.15) is 6.33 Å². The molecule has 3 rings (SSSR count). The van der Waals surface area contributed by atoms with E-state index >= 15 is 0 Å². The van der Waals surface area contributed by atoms with Crippen molar-refractivity contribution in [1.82, 2.24) is 25.1 Å². The molecule has 142 valence electrons. The second-order valence-corrected chi connectivity index (χ2v) is 7.22. The third-order valence-electron chi connectivity index (χ3n) is 3.91. The molecule has 2 heterocycles. The number of urea groups is 1. The fraction of sp³-hybridized carbons (Fsp3) is 0.333. The number of nitrogens with one attached hydrogen (secondary N) is 2. The van der Waals surface area contributed by atoms with E-state index in [0.29, 0.717) is 11.6 Å². The van der Waals surface area contributed by atoms with Crippen molar-refractivity contribution >= 4 is 29.0 Å². The second kappa shape index (κ2) is 8.17. The second-order valence-electron chi connectivity index (χ2n) is 6.27. The molecule has 27 heavy (non-hydrogen) atoms. The molecule has 2 amide bonds. The molecule has 1 aromatic carbocycles. The number of amides is 2. The molecular formula is C18H23N7OS. The first-order valence-electron chi connectivity index (χ1n) is 8.67. The molecule has 8 nitrogen and oxygen atoms in total. The Hall–Kier alpha value is -2.94. The lowest BCUT2D eigenvalue weighted by Gasteiger charge is -2.13. The molecule has 2 aromatic heterocycles. The quantitative estimate of drug-likeness (QED) is 0.680. The summed E-state index contributed by atoms with van der Waals surface area (Å²) in [6.45, 7) is 3.99. The zero-order chi connectivity index (χ0) is 19.4. The van der Waals surface area contributed by atoms with E-state index in [1.165, 1.54) is 0 Å². The van der Waals surface area contributed by atoms with Gasteiger partial charge in [-0.25, -0.2) is 14.5 Å². The van der Waals surface area contributed by atoms with Gasteiger partial charge in [-0.1, -0.05) is 13.0 Å². The number of carbonyl (C=O) groups excluding carboxylic acids is 1. The fourth-order valence-electron chi connectivity index (χ4n) is 2.43. The van der Waals surface area contributed by atoms with Crippen molar-refractivity contribution in [3.63, 3.8) is 0 Å².